The largest absolute Gasteiger partial charge is 0.494 e. The molecule has 1 saturated heterocycles. The summed E-state index contributed by atoms with van der Waals surface area (Å²) in [5, 5.41) is 14.5. The maximum Gasteiger partial charge on any atom is 0.494 e. The molecule has 28 heavy (non-hydrogen) atoms. The van der Waals surface area contributed by atoms with Gasteiger partial charge in [0.1, 0.15) is 5.52 Å². The summed E-state index contributed by atoms with van der Waals surface area (Å²) in [6.07, 6.45) is -2.01. The SMILES string of the molecule is CC1(C)OB(c2cc(C(F)(F)F)c3nn([C@H]4C[C@@](C)(O)C4)cc3c2)OC1(C)C. The van der Waals surface area contributed by atoms with Crippen molar-refractivity contribution >= 4 is 23.5 Å². The highest BCUT2D eigenvalue weighted by atomic mass is 19.4. The maximum atomic E-state index is 13.7. The Morgan fingerprint density at radius 2 is 1.68 bits per heavy atom. The maximum absolute atomic E-state index is 13.7. The predicted octanol–water partition coefficient (Wildman–Crippen LogP) is 3.44. The Kier molecular flexibility index (Phi) is 4.04. The number of hydrogen-bond donors (Lipinski definition) is 1. The minimum absolute atomic E-state index is 0.0979. The lowest BCUT2D eigenvalue weighted by Gasteiger charge is -2.40. The number of rotatable bonds is 2. The van der Waals surface area contributed by atoms with E-state index in [0.717, 1.165) is 6.07 Å². The summed E-state index contributed by atoms with van der Waals surface area (Å²) >= 11 is 0. The molecule has 1 aliphatic carbocycles. The molecule has 1 aromatic heterocycles. The molecule has 2 aliphatic rings. The van der Waals surface area contributed by atoms with Crippen molar-refractivity contribution in [3.05, 3.63) is 23.9 Å². The minimum atomic E-state index is -4.55. The Morgan fingerprint density at radius 3 is 2.18 bits per heavy atom. The molecule has 2 heterocycles. The van der Waals surface area contributed by atoms with Crippen LogP contribution >= 0.6 is 0 Å². The Balaban J connectivity index is 1.77. The van der Waals surface area contributed by atoms with Crippen LogP contribution in [-0.2, 0) is 15.5 Å². The summed E-state index contributed by atoms with van der Waals surface area (Å²) in [6.45, 7) is 9.14. The zero-order valence-corrected chi connectivity index (χ0v) is 16.6. The second-order valence-electron chi connectivity index (χ2n) is 9.26. The highest BCUT2D eigenvalue weighted by Gasteiger charge is 2.52. The summed E-state index contributed by atoms with van der Waals surface area (Å²) in [4.78, 5) is 0. The number of nitrogens with zero attached hydrogens (tertiary/aromatic N) is 2. The van der Waals surface area contributed by atoms with E-state index in [-0.39, 0.29) is 11.6 Å². The Morgan fingerprint density at radius 1 is 1.11 bits per heavy atom. The fourth-order valence-electron chi connectivity index (χ4n) is 3.84. The Bertz CT molecular complexity index is 912. The van der Waals surface area contributed by atoms with Crippen LogP contribution in [0.4, 0.5) is 13.2 Å². The number of aliphatic hydroxyl groups is 1. The first-order valence-electron chi connectivity index (χ1n) is 9.37. The number of alkyl halides is 3. The molecule has 0 spiro atoms. The molecule has 152 valence electrons. The topological polar surface area (TPSA) is 56.5 Å². The smallest absolute Gasteiger partial charge is 0.399 e. The first kappa shape index (κ1) is 19.7. The fourth-order valence-corrected chi connectivity index (χ4v) is 3.84. The third-order valence-electron chi connectivity index (χ3n) is 6.20. The van der Waals surface area contributed by atoms with Crippen molar-refractivity contribution in [1.82, 2.24) is 9.78 Å². The molecular weight excluding hydrogens is 372 g/mol. The summed E-state index contributed by atoms with van der Waals surface area (Å²) in [5.74, 6) is 0. The number of fused-ring (bicyclic) bond motifs is 1. The zero-order chi connectivity index (χ0) is 20.7. The van der Waals surface area contributed by atoms with Crippen molar-refractivity contribution in [3.63, 3.8) is 0 Å². The van der Waals surface area contributed by atoms with Gasteiger partial charge in [-0.05, 0) is 59.0 Å². The first-order chi connectivity index (χ1) is 12.7. The van der Waals surface area contributed by atoms with Gasteiger partial charge in [0.25, 0.3) is 0 Å². The number of halogens is 3. The van der Waals surface area contributed by atoms with Crippen molar-refractivity contribution in [2.75, 3.05) is 0 Å². The van der Waals surface area contributed by atoms with Gasteiger partial charge in [0.05, 0.1) is 28.4 Å². The number of benzene rings is 1. The molecule has 1 saturated carbocycles. The lowest BCUT2D eigenvalue weighted by molar-refractivity contribution is -0.136. The number of aromatic nitrogens is 2. The summed E-state index contributed by atoms with van der Waals surface area (Å²) in [6, 6.07) is 2.61. The molecule has 1 aliphatic heterocycles. The van der Waals surface area contributed by atoms with Crippen LogP contribution in [-0.4, -0.2) is 38.8 Å². The monoisotopic (exact) mass is 396 g/mol. The Labute approximate surface area is 161 Å². The highest BCUT2D eigenvalue weighted by Crippen LogP contribution is 2.42. The molecule has 0 atom stereocenters. The van der Waals surface area contributed by atoms with Gasteiger partial charge < -0.3 is 14.4 Å². The molecule has 0 unspecified atom stereocenters. The van der Waals surface area contributed by atoms with Crippen LogP contribution in [0.3, 0.4) is 0 Å². The molecule has 2 fully saturated rings. The van der Waals surface area contributed by atoms with E-state index in [1.807, 2.05) is 27.7 Å². The van der Waals surface area contributed by atoms with Gasteiger partial charge >= 0.3 is 13.3 Å². The molecule has 0 amide bonds. The summed E-state index contributed by atoms with van der Waals surface area (Å²) < 4.78 is 54.6. The van der Waals surface area contributed by atoms with Crippen molar-refractivity contribution in [2.45, 2.75) is 76.5 Å². The van der Waals surface area contributed by atoms with E-state index in [2.05, 4.69) is 5.10 Å². The molecule has 0 bridgehead atoms. The molecular formula is C19H24BF3N2O3. The Hall–Kier alpha value is -1.58. The van der Waals surface area contributed by atoms with Crippen LogP contribution in [0.25, 0.3) is 10.9 Å². The van der Waals surface area contributed by atoms with Crippen LogP contribution in [0.5, 0.6) is 0 Å². The first-order valence-corrected chi connectivity index (χ1v) is 9.37. The quantitative estimate of drug-likeness (QED) is 0.791. The molecule has 2 aromatic rings. The van der Waals surface area contributed by atoms with Crippen LogP contribution in [0.15, 0.2) is 18.3 Å². The van der Waals surface area contributed by atoms with Crippen LogP contribution < -0.4 is 5.46 Å². The average Bonchev–Trinajstić information content (AvgIpc) is 3.01. The molecule has 5 nitrogen and oxygen atoms in total. The van der Waals surface area contributed by atoms with Crippen molar-refractivity contribution in [2.24, 2.45) is 0 Å². The molecule has 4 rings (SSSR count). The average molecular weight is 396 g/mol. The highest BCUT2D eigenvalue weighted by molar-refractivity contribution is 6.62. The van der Waals surface area contributed by atoms with E-state index in [9.17, 15) is 18.3 Å². The number of hydrogen-bond acceptors (Lipinski definition) is 4. The van der Waals surface area contributed by atoms with Crippen LogP contribution in [0.2, 0.25) is 0 Å². The second kappa shape index (κ2) is 5.74. The van der Waals surface area contributed by atoms with Gasteiger partial charge in [0.15, 0.2) is 0 Å². The van der Waals surface area contributed by atoms with Gasteiger partial charge in [-0.3, -0.25) is 4.68 Å². The standard InChI is InChI=1S/C19H24BF3N2O3/c1-16(2)17(3,4)28-20(27-16)12-6-11-10-25(13-8-18(5,26)9-13)24-15(11)14(7-12)19(21,22)23/h6-7,10,13,26H,8-9H2,1-5H3/t13-,18+. The van der Waals surface area contributed by atoms with E-state index < -0.39 is 35.7 Å². The van der Waals surface area contributed by atoms with E-state index in [1.165, 1.54) is 4.68 Å². The molecule has 9 heteroatoms. The lowest BCUT2D eigenvalue weighted by atomic mass is 9.77. The predicted molar refractivity (Wildman–Crippen MR) is 99.3 cm³/mol. The van der Waals surface area contributed by atoms with Crippen molar-refractivity contribution in [1.29, 1.82) is 0 Å². The zero-order valence-electron chi connectivity index (χ0n) is 16.6. The minimum Gasteiger partial charge on any atom is -0.399 e. The van der Waals surface area contributed by atoms with Gasteiger partial charge in [-0.15, -0.1) is 0 Å². The van der Waals surface area contributed by atoms with E-state index >= 15 is 0 Å². The molecule has 0 radical (unpaired) electrons. The van der Waals surface area contributed by atoms with Crippen molar-refractivity contribution in [3.8, 4) is 0 Å². The fraction of sp³-hybridized carbons (Fsp3) is 0.632. The van der Waals surface area contributed by atoms with Gasteiger partial charge in [-0.2, -0.15) is 18.3 Å². The van der Waals surface area contributed by atoms with Crippen LogP contribution in [0, 0.1) is 0 Å². The summed E-state index contributed by atoms with van der Waals surface area (Å²) in [5.41, 5.74) is -2.67. The normalized spacial score (nSPS) is 29.3. The van der Waals surface area contributed by atoms with Crippen molar-refractivity contribution < 1.29 is 27.6 Å². The lowest BCUT2D eigenvalue weighted by Crippen LogP contribution is -2.42. The molecule has 1 N–H and O–H groups in total. The van der Waals surface area contributed by atoms with Gasteiger partial charge in [0, 0.05) is 11.6 Å². The molecule has 1 aromatic carbocycles. The summed E-state index contributed by atoms with van der Waals surface area (Å²) in [7, 11) is -0.886. The van der Waals surface area contributed by atoms with Gasteiger partial charge in [-0.1, -0.05) is 6.07 Å². The van der Waals surface area contributed by atoms with E-state index in [1.54, 1.807) is 19.2 Å². The van der Waals surface area contributed by atoms with Crippen LogP contribution in [0.1, 0.15) is 59.1 Å². The van der Waals surface area contributed by atoms with E-state index in [4.69, 9.17) is 9.31 Å². The third-order valence-corrected chi connectivity index (χ3v) is 6.20. The second-order valence-corrected chi connectivity index (χ2v) is 9.26. The van der Waals surface area contributed by atoms with Gasteiger partial charge in [0.2, 0.25) is 0 Å². The third kappa shape index (κ3) is 3.13. The van der Waals surface area contributed by atoms with E-state index in [0.29, 0.717) is 23.7 Å². The van der Waals surface area contributed by atoms with Gasteiger partial charge in [-0.25, -0.2) is 0 Å².